The molecule has 4 rings (SSSR count). The predicted molar refractivity (Wildman–Crippen MR) is 118 cm³/mol. The number of fused-ring (bicyclic) bond motifs is 1. The Morgan fingerprint density at radius 1 is 1.00 bits per heavy atom. The molecule has 0 aliphatic rings. The molecule has 0 fully saturated rings. The Kier molecular flexibility index (Phi) is 5.57. The smallest absolute Gasteiger partial charge is 0.258 e. The summed E-state index contributed by atoms with van der Waals surface area (Å²) < 4.78 is 6.51. The minimum Gasteiger partial charge on any atom is -0.495 e. The van der Waals surface area contributed by atoms with Crippen LogP contribution in [0.4, 0.5) is 0 Å². The molecular formula is C24H20N4O3. The molecule has 2 N–H and O–H groups in total. The van der Waals surface area contributed by atoms with Crippen LogP contribution in [0, 0.1) is 0 Å². The lowest BCUT2D eigenvalue weighted by molar-refractivity contribution is -0.119. The fourth-order valence-corrected chi connectivity index (χ4v) is 3.27. The molecule has 0 radical (unpaired) electrons. The van der Waals surface area contributed by atoms with Gasteiger partial charge in [-0.1, -0.05) is 60.7 Å². The predicted octanol–water partition coefficient (Wildman–Crippen LogP) is 2.77. The van der Waals surface area contributed by atoms with Gasteiger partial charge in [-0.25, -0.2) is 4.98 Å². The molecule has 2 aromatic heterocycles. The van der Waals surface area contributed by atoms with Crippen molar-refractivity contribution in [2.24, 2.45) is 10.7 Å². The van der Waals surface area contributed by atoms with Crippen LogP contribution in [-0.2, 0) is 4.79 Å². The van der Waals surface area contributed by atoms with Crippen LogP contribution in [0.2, 0.25) is 0 Å². The highest BCUT2D eigenvalue weighted by Crippen LogP contribution is 2.20. The van der Waals surface area contributed by atoms with Gasteiger partial charge in [0.25, 0.3) is 5.56 Å². The van der Waals surface area contributed by atoms with Crippen LogP contribution in [-0.4, -0.2) is 28.1 Å². The maximum Gasteiger partial charge on any atom is 0.258 e. The molecule has 1 amide bonds. The number of primary amides is 1. The normalized spacial score (nSPS) is 11.6. The van der Waals surface area contributed by atoms with Crippen molar-refractivity contribution in [2.45, 2.75) is 6.04 Å². The Morgan fingerprint density at radius 3 is 2.16 bits per heavy atom. The molecule has 0 saturated carbocycles. The zero-order valence-electron chi connectivity index (χ0n) is 16.8. The van der Waals surface area contributed by atoms with Gasteiger partial charge in [0.15, 0.2) is 6.04 Å². The Labute approximate surface area is 178 Å². The lowest BCUT2D eigenvalue weighted by atomic mass is 10.0. The monoisotopic (exact) mass is 412 g/mol. The summed E-state index contributed by atoms with van der Waals surface area (Å²) in [5.41, 5.74) is 8.12. The van der Waals surface area contributed by atoms with Crippen LogP contribution >= 0.6 is 0 Å². The van der Waals surface area contributed by atoms with Crippen LogP contribution in [0.25, 0.3) is 5.65 Å². The number of ether oxygens (including phenoxy) is 1. The number of rotatable bonds is 6. The number of nitrogens with zero attached hydrogens (tertiary/aromatic N) is 3. The molecule has 0 aliphatic carbocycles. The van der Waals surface area contributed by atoms with E-state index in [4.69, 9.17) is 10.5 Å². The maximum absolute atomic E-state index is 12.7. The van der Waals surface area contributed by atoms with E-state index in [1.165, 1.54) is 23.8 Å². The van der Waals surface area contributed by atoms with Crippen LogP contribution < -0.4 is 16.0 Å². The van der Waals surface area contributed by atoms with E-state index in [2.05, 4.69) is 9.98 Å². The molecule has 0 saturated heterocycles. The summed E-state index contributed by atoms with van der Waals surface area (Å²) in [5, 5.41) is 0. The zero-order chi connectivity index (χ0) is 21.8. The summed E-state index contributed by atoms with van der Waals surface area (Å²) >= 11 is 0. The Bertz CT molecular complexity index is 1270. The number of benzene rings is 2. The highest BCUT2D eigenvalue weighted by atomic mass is 16.5. The number of hydrogen-bond donors (Lipinski definition) is 1. The van der Waals surface area contributed by atoms with Crippen molar-refractivity contribution in [2.75, 3.05) is 7.11 Å². The van der Waals surface area contributed by atoms with Gasteiger partial charge in [0, 0.05) is 17.2 Å². The minimum absolute atomic E-state index is 0.187. The first-order chi connectivity index (χ1) is 15.1. The summed E-state index contributed by atoms with van der Waals surface area (Å²) in [6, 6.07) is 22.4. The number of hydrogen-bond acceptors (Lipinski definition) is 5. The third-order valence-corrected chi connectivity index (χ3v) is 4.79. The molecular weight excluding hydrogens is 392 g/mol. The number of aliphatic imine (C=N–C) groups is 1. The molecule has 1 unspecified atom stereocenters. The number of amides is 1. The largest absolute Gasteiger partial charge is 0.495 e. The summed E-state index contributed by atoms with van der Waals surface area (Å²) in [4.78, 5) is 34.2. The number of carbonyl (C=O) groups is 1. The first-order valence-corrected chi connectivity index (χ1v) is 9.62. The van der Waals surface area contributed by atoms with Gasteiger partial charge in [0.05, 0.1) is 24.7 Å². The van der Waals surface area contributed by atoms with E-state index in [1.807, 2.05) is 60.7 Å². The molecule has 0 bridgehead atoms. The van der Waals surface area contributed by atoms with E-state index in [0.717, 1.165) is 11.1 Å². The van der Waals surface area contributed by atoms with Gasteiger partial charge in [-0.3, -0.25) is 19.0 Å². The summed E-state index contributed by atoms with van der Waals surface area (Å²) in [5.74, 6) is -0.182. The number of methoxy groups -OCH3 is 1. The third kappa shape index (κ3) is 4.20. The van der Waals surface area contributed by atoms with Crippen molar-refractivity contribution in [1.29, 1.82) is 0 Å². The van der Waals surface area contributed by atoms with Gasteiger partial charge in [-0.05, 0) is 12.1 Å². The van der Waals surface area contributed by atoms with Gasteiger partial charge in [0.2, 0.25) is 5.91 Å². The lowest BCUT2D eigenvalue weighted by Gasteiger charge is -2.14. The van der Waals surface area contributed by atoms with Crippen molar-refractivity contribution >= 4 is 17.3 Å². The van der Waals surface area contributed by atoms with E-state index in [-0.39, 0.29) is 11.3 Å². The first-order valence-electron chi connectivity index (χ1n) is 9.62. The van der Waals surface area contributed by atoms with Crippen LogP contribution in [0.15, 0.2) is 94.8 Å². The van der Waals surface area contributed by atoms with E-state index >= 15 is 0 Å². The quantitative estimate of drug-likeness (QED) is 0.492. The summed E-state index contributed by atoms with van der Waals surface area (Å²) in [7, 11) is 1.51. The van der Waals surface area contributed by atoms with Crippen LogP contribution in [0.1, 0.15) is 22.9 Å². The highest BCUT2D eigenvalue weighted by molar-refractivity contribution is 6.13. The highest BCUT2D eigenvalue weighted by Gasteiger charge is 2.22. The lowest BCUT2D eigenvalue weighted by Crippen LogP contribution is -2.25. The number of aromatic nitrogens is 2. The molecule has 7 heteroatoms. The van der Waals surface area contributed by atoms with Crippen molar-refractivity contribution in [3.05, 3.63) is 112 Å². The first kappa shape index (κ1) is 20.0. The van der Waals surface area contributed by atoms with Gasteiger partial charge >= 0.3 is 0 Å². The van der Waals surface area contributed by atoms with Gasteiger partial charge in [-0.2, -0.15) is 0 Å². The Balaban J connectivity index is 1.89. The Morgan fingerprint density at radius 2 is 1.61 bits per heavy atom. The standard InChI is InChI=1S/C24H20N4O3/c1-31-18-12-13-20-26-19(14-21(29)28(20)15-18)23(24(25)30)27-22(16-8-4-2-5-9-16)17-10-6-3-7-11-17/h2-15,23H,1H3,(H2,25,30). The van der Waals surface area contributed by atoms with Crippen molar-refractivity contribution < 1.29 is 9.53 Å². The average molecular weight is 412 g/mol. The van der Waals surface area contributed by atoms with Crippen molar-refractivity contribution in [3.8, 4) is 5.75 Å². The molecule has 31 heavy (non-hydrogen) atoms. The minimum atomic E-state index is -1.13. The second-order valence-corrected chi connectivity index (χ2v) is 6.83. The van der Waals surface area contributed by atoms with Crippen LogP contribution in [0.3, 0.4) is 0 Å². The molecule has 1 atom stereocenters. The fraction of sp³-hybridized carbons (Fsp3) is 0.0833. The topological polar surface area (TPSA) is 99.0 Å². The zero-order valence-corrected chi connectivity index (χ0v) is 16.8. The molecule has 154 valence electrons. The van der Waals surface area contributed by atoms with E-state index in [0.29, 0.717) is 17.1 Å². The number of pyridine rings is 1. The molecule has 0 spiro atoms. The van der Waals surface area contributed by atoms with E-state index < -0.39 is 11.9 Å². The van der Waals surface area contributed by atoms with E-state index in [9.17, 15) is 9.59 Å². The molecule has 7 nitrogen and oxygen atoms in total. The fourth-order valence-electron chi connectivity index (χ4n) is 3.27. The summed E-state index contributed by atoms with van der Waals surface area (Å²) in [6.45, 7) is 0. The maximum atomic E-state index is 12.7. The van der Waals surface area contributed by atoms with Crippen molar-refractivity contribution in [1.82, 2.24) is 9.38 Å². The second kappa shape index (κ2) is 8.62. The van der Waals surface area contributed by atoms with Gasteiger partial charge in [-0.15, -0.1) is 0 Å². The average Bonchev–Trinajstić information content (AvgIpc) is 2.80. The molecule has 2 heterocycles. The van der Waals surface area contributed by atoms with Crippen LogP contribution in [0.5, 0.6) is 5.75 Å². The number of carbonyl (C=O) groups excluding carboxylic acids is 1. The van der Waals surface area contributed by atoms with Crippen molar-refractivity contribution in [3.63, 3.8) is 0 Å². The van der Waals surface area contributed by atoms with Gasteiger partial charge in [0.1, 0.15) is 11.4 Å². The molecule has 4 aromatic rings. The molecule has 0 aliphatic heterocycles. The Hall–Kier alpha value is -4.26. The second-order valence-electron chi connectivity index (χ2n) is 6.83. The third-order valence-electron chi connectivity index (χ3n) is 4.79. The van der Waals surface area contributed by atoms with E-state index in [1.54, 1.807) is 12.1 Å². The SMILES string of the molecule is COc1ccc2nc(C(N=C(c3ccccc3)c3ccccc3)C(N)=O)cc(=O)n2c1. The van der Waals surface area contributed by atoms with Gasteiger partial charge < -0.3 is 10.5 Å². The molecule has 2 aromatic carbocycles. The number of nitrogens with two attached hydrogens (primary N) is 1. The summed E-state index contributed by atoms with van der Waals surface area (Å²) in [6.07, 6.45) is 1.54.